The molecule has 1 amide bonds. The molecule has 2 rings (SSSR count). The van der Waals surface area contributed by atoms with Gasteiger partial charge in [-0.25, -0.2) is 0 Å². The average Bonchev–Trinajstić information content (AvgIpc) is 2.59. The van der Waals surface area contributed by atoms with E-state index in [0.717, 1.165) is 16.7 Å². The lowest BCUT2D eigenvalue weighted by Gasteiger charge is -2.17. The normalized spacial score (nSPS) is 11.5. The lowest BCUT2D eigenvalue weighted by Crippen LogP contribution is -2.33. The van der Waals surface area contributed by atoms with Crippen molar-refractivity contribution in [3.05, 3.63) is 59.7 Å². The van der Waals surface area contributed by atoms with Crippen LogP contribution in [0.4, 0.5) is 0 Å². The molecule has 0 bridgehead atoms. The van der Waals surface area contributed by atoms with Crippen molar-refractivity contribution >= 4 is 5.91 Å². The Balaban J connectivity index is 2.30. The summed E-state index contributed by atoms with van der Waals surface area (Å²) in [7, 11) is 0. The Kier molecular flexibility index (Phi) is 5.29. The van der Waals surface area contributed by atoms with Gasteiger partial charge in [-0.1, -0.05) is 43.3 Å². The molecule has 112 valence electrons. The van der Waals surface area contributed by atoms with Crippen LogP contribution in [0.3, 0.4) is 0 Å². The summed E-state index contributed by atoms with van der Waals surface area (Å²) in [5.74, 6) is -0.00625. The second-order valence-electron chi connectivity index (χ2n) is 5.19. The number of hydrogen-bond donors (Lipinski definition) is 2. The quantitative estimate of drug-likeness (QED) is 0.888. The molecule has 0 heterocycles. The lowest BCUT2D eigenvalue weighted by atomic mass is 9.91. The van der Waals surface area contributed by atoms with E-state index < -0.39 is 0 Å². The molecular formula is C18H19N3O. The lowest BCUT2D eigenvalue weighted by molar-refractivity contribution is -0.119. The molecule has 4 heteroatoms. The van der Waals surface area contributed by atoms with E-state index in [1.807, 2.05) is 42.5 Å². The van der Waals surface area contributed by atoms with Crippen molar-refractivity contribution in [2.24, 2.45) is 5.73 Å². The van der Waals surface area contributed by atoms with Crippen LogP contribution in [0.15, 0.2) is 48.5 Å². The predicted molar refractivity (Wildman–Crippen MR) is 87.1 cm³/mol. The molecule has 0 fully saturated rings. The van der Waals surface area contributed by atoms with E-state index in [1.54, 1.807) is 6.07 Å². The molecule has 0 aliphatic carbocycles. The topological polar surface area (TPSA) is 78.9 Å². The Morgan fingerprint density at radius 3 is 2.77 bits per heavy atom. The number of hydrogen-bond acceptors (Lipinski definition) is 3. The molecule has 22 heavy (non-hydrogen) atoms. The van der Waals surface area contributed by atoms with Crippen LogP contribution in [0.25, 0.3) is 11.1 Å². The first kappa shape index (κ1) is 15.7. The van der Waals surface area contributed by atoms with Gasteiger partial charge in [-0.2, -0.15) is 5.26 Å². The summed E-state index contributed by atoms with van der Waals surface area (Å²) in [5, 5.41) is 11.9. The first-order chi connectivity index (χ1) is 10.7. The van der Waals surface area contributed by atoms with E-state index >= 15 is 0 Å². The molecule has 0 saturated carbocycles. The number of rotatable bonds is 5. The number of nitrogens with two attached hydrogens (primary N) is 1. The highest BCUT2D eigenvalue weighted by Gasteiger charge is 2.12. The van der Waals surface area contributed by atoms with Crippen molar-refractivity contribution in [2.75, 3.05) is 13.1 Å². The number of nitrogens with one attached hydrogen (secondary N) is 1. The highest BCUT2D eigenvalue weighted by molar-refractivity contribution is 5.78. The van der Waals surface area contributed by atoms with Crippen LogP contribution < -0.4 is 11.1 Å². The minimum atomic E-state index is -0.157. The molecule has 2 aromatic carbocycles. The van der Waals surface area contributed by atoms with E-state index in [9.17, 15) is 4.79 Å². The van der Waals surface area contributed by atoms with Crippen LogP contribution in [-0.4, -0.2) is 19.0 Å². The number of nitriles is 1. The van der Waals surface area contributed by atoms with Gasteiger partial charge in [-0.15, -0.1) is 0 Å². The zero-order chi connectivity index (χ0) is 15.9. The molecule has 0 aliphatic rings. The van der Waals surface area contributed by atoms with E-state index in [2.05, 4.69) is 18.3 Å². The van der Waals surface area contributed by atoms with Crippen LogP contribution >= 0.6 is 0 Å². The van der Waals surface area contributed by atoms with Gasteiger partial charge in [0.15, 0.2) is 0 Å². The molecule has 1 atom stereocenters. The summed E-state index contributed by atoms with van der Waals surface area (Å²) >= 11 is 0. The standard InChI is InChI=1S/C18H19N3O/c1-13(12-21-18(22)11-20)16-7-2-3-8-17(16)15-6-4-5-14(9-15)10-19/h2-9,13H,11-12,20H2,1H3,(H,21,22). The van der Waals surface area contributed by atoms with Crippen molar-refractivity contribution in [3.8, 4) is 17.2 Å². The highest BCUT2D eigenvalue weighted by Crippen LogP contribution is 2.29. The van der Waals surface area contributed by atoms with Gasteiger partial charge in [0.25, 0.3) is 0 Å². The number of nitrogens with zero attached hydrogens (tertiary/aromatic N) is 1. The third kappa shape index (κ3) is 3.72. The van der Waals surface area contributed by atoms with Crippen LogP contribution in [0.5, 0.6) is 0 Å². The van der Waals surface area contributed by atoms with Gasteiger partial charge in [0, 0.05) is 6.54 Å². The van der Waals surface area contributed by atoms with Gasteiger partial charge in [0.05, 0.1) is 18.2 Å². The molecule has 0 aliphatic heterocycles. The Bertz CT molecular complexity index is 703. The molecule has 0 spiro atoms. The molecule has 1 unspecified atom stereocenters. The minimum absolute atomic E-state index is 0.00141. The smallest absolute Gasteiger partial charge is 0.233 e. The zero-order valence-corrected chi connectivity index (χ0v) is 12.5. The molecule has 3 N–H and O–H groups in total. The fourth-order valence-electron chi connectivity index (χ4n) is 2.39. The van der Waals surface area contributed by atoms with Crippen LogP contribution in [0, 0.1) is 11.3 Å². The maximum absolute atomic E-state index is 11.3. The monoisotopic (exact) mass is 293 g/mol. The SMILES string of the molecule is CC(CNC(=O)CN)c1ccccc1-c1cccc(C#N)c1. The summed E-state index contributed by atoms with van der Waals surface area (Å²) < 4.78 is 0. The first-order valence-electron chi connectivity index (χ1n) is 7.22. The van der Waals surface area contributed by atoms with E-state index in [4.69, 9.17) is 11.0 Å². The number of amides is 1. The Labute approximate surface area is 130 Å². The number of benzene rings is 2. The average molecular weight is 293 g/mol. The summed E-state index contributed by atoms with van der Waals surface area (Å²) in [6, 6.07) is 17.7. The van der Waals surface area contributed by atoms with Crippen LogP contribution in [0.1, 0.15) is 24.0 Å². The third-order valence-electron chi connectivity index (χ3n) is 3.59. The van der Waals surface area contributed by atoms with Gasteiger partial charge in [0.1, 0.15) is 0 Å². The molecule has 2 aromatic rings. The summed E-state index contributed by atoms with van der Waals surface area (Å²) in [6.07, 6.45) is 0. The third-order valence-corrected chi connectivity index (χ3v) is 3.59. The van der Waals surface area contributed by atoms with Crippen LogP contribution in [0.2, 0.25) is 0 Å². The minimum Gasteiger partial charge on any atom is -0.354 e. The van der Waals surface area contributed by atoms with Gasteiger partial charge < -0.3 is 11.1 Å². The summed E-state index contributed by atoms with van der Waals surface area (Å²) in [4.78, 5) is 11.3. The van der Waals surface area contributed by atoms with Gasteiger partial charge in [-0.05, 0) is 34.7 Å². The molecule has 0 radical (unpaired) electrons. The number of carbonyl (C=O) groups is 1. The largest absolute Gasteiger partial charge is 0.354 e. The van der Waals surface area contributed by atoms with Gasteiger partial charge in [-0.3, -0.25) is 4.79 Å². The highest BCUT2D eigenvalue weighted by atomic mass is 16.1. The van der Waals surface area contributed by atoms with Gasteiger partial charge >= 0.3 is 0 Å². The van der Waals surface area contributed by atoms with Gasteiger partial charge in [0.2, 0.25) is 5.91 Å². The van der Waals surface area contributed by atoms with E-state index in [1.165, 1.54) is 0 Å². The van der Waals surface area contributed by atoms with Crippen molar-refractivity contribution in [1.29, 1.82) is 5.26 Å². The van der Waals surface area contributed by atoms with Crippen LogP contribution in [-0.2, 0) is 4.79 Å². The Morgan fingerprint density at radius 1 is 1.27 bits per heavy atom. The molecule has 4 nitrogen and oxygen atoms in total. The fourth-order valence-corrected chi connectivity index (χ4v) is 2.39. The molecular weight excluding hydrogens is 274 g/mol. The maximum atomic E-state index is 11.3. The molecule has 0 saturated heterocycles. The number of carbonyl (C=O) groups excluding carboxylic acids is 1. The Hall–Kier alpha value is -2.64. The van der Waals surface area contributed by atoms with Crippen molar-refractivity contribution in [3.63, 3.8) is 0 Å². The second-order valence-corrected chi connectivity index (χ2v) is 5.19. The van der Waals surface area contributed by atoms with E-state index in [-0.39, 0.29) is 18.4 Å². The van der Waals surface area contributed by atoms with Crippen molar-refractivity contribution in [1.82, 2.24) is 5.32 Å². The Morgan fingerprint density at radius 2 is 2.05 bits per heavy atom. The predicted octanol–water partition coefficient (Wildman–Crippen LogP) is 2.40. The summed E-state index contributed by atoms with van der Waals surface area (Å²) in [5.41, 5.74) is 9.16. The van der Waals surface area contributed by atoms with E-state index in [0.29, 0.717) is 12.1 Å². The fraction of sp³-hybridized carbons (Fsp3) is 0.222. The first-order valence-corrected chi connectivity index (χ1v) is 7.22. The molecule has 0 aromatic heterocycles. The second kappa shape index (κ2) is 7.39. The maximum Gasteiger partial charge on any atom is 0.233 e. The van der Waals surface area contributed by atoms with Crippen molar-refractivity contribution < 1.29 is 4.79 Å². The zero-order valence-electron chi connectivity index (χ0n) is 12.5. The summed E-state index contributed by atoms with van der Waals surface area (Å²) in [6.45, 7) is 2.59. The van der Waals surface area contributed by atoms with Crippen molar-refractivity contribution in [2.45, 2.75) is 12.8 Å².